The predicted molar refractivity (Wildman–Crippen MR) is 104 cm³/mol. The Bertz CT molecular complexity index is 1090. The van der Waals surface area contributed by atoms with Crippen molar-refractivity contribution in [3.8, 4) is 0 Å². The number of carbonyl (C=O) groups is 1. The van der Waals surface area contributed by atoms with Crippen LogP contribution in [-0.2, 0) is 38.8 Å². The van der Waals surface area contributed by atoms with Crippen molar-refractivity contribution >= 4 is 15.9 Å². The number of rotatable bonds is 6. The van der Waals surface area contributed by atoms with E-state index in [9.17, 15) is 31.2 Å². The van der Waals surface area contributed by atoms with Crippen LogP contribution in [0.25, 0.3) is 0 Å². The van der Waals surface area contributed by atoms with Crippen LogP contribution in [0.5, 0.6) is 0 Å². The van der Waals surface area contributed by atoms with Gasteiger partial charge in [0.05, 0.1) is 23.7 Å². The predicted octanol–water partition coefficient (Wildman–Crippen LogP) is 1.20. The Morgan fingerprint density at radius 2 is 1.71 bits per heavy atom. The molecular formula is C19H20F3N3O5S. The zero-order valence-electron chi connectivity index (χ0n) is 16.3. The lowest BCUT2D eigenvalue weighted by Gasteiger charge is -2.26. The number of hydrogen-bond donors (Lipinski definition) is 1. The van der Waals surface area contributed by atoms with Crippen LogP contribution in [0, 0.1) is 0 Å². The number of amides is 1. The molecule has 1 aliphatic rings. The van der Waals surface area contributed by atoms with Crippen LogP contribution in [0.15, 0.2) is 52.3 Å². The van der Waals surface area contributed by atoms with Gasteiger partial charge in [-0.25, -0.2) is 8.42 Å². The van der Waals surface area contributed by atoms with Crippen LogP contribution in [0.4, 0.5) is 13.2 Å². The van der Waals surface area contributed by atoms with Crippen molar-refractivity contribution in [1.82, 2.24) is 14.2 Å². The SMILES string of the molecule is O=C(Cn1cc(C(F)(F)F)ccc1=O)NCc1ccc(S(=O)(=O)N2CCOCC2)cc1. The monoisotopic (exact) mass is 459 g/mol. The van der Waals surface area contributed by atoms with Gasteiger partial charge >= 0.3 is 6.18 Å². The minimum Gasteiger partial charge on any atom is -0.379 e. The number of pyridine rings is 1. The first-order valence-corrected chi connectivity index (χ1v) is 10.7. The number of ether oxygens (including phenoxy) is 1. The van der Waals surface area contributed by atoms with Crippen molar-refractivity contribution in [3.63, 3.8) is 0 Å². The lowest BCUT2D eigenvalue weighted by molar-refractivity contribution is -0.138. The molecule has 1 aliphatic heterocycles. The first-order chi connectivity index (χ1) is 14.6. The maximum atomic E-state index is 12.8. The van der Waals surface area contributed by atoms with Crippen molar-refractivity contribution in [2.45, 2.75) is 24.2 Å². The molecule has 0 unspecified atom stereocenters. The number of halogens is 3. The fourth-order valence-corrected chi connectivity index (χ4v) is 4.36. The summed E-state index contributed by atoms with van der Waals surface area (Å²) in [6, 6.07) is 7.31. The number of nitrogens with zero attached hydrogens (tertiary/aromatic N) is 2. The Morgan fingerprint density at radius 1 is 1.06 bits per heavy atom. The second-order valence-electron chi connectivity index (χ2n) is 6.82. The molecule has 1 aromatic carbocycles. The zero-order valence-corrected chi connectivity index (χ0v) is 17.1. The van der Waals surface area contributed by atoms with E-state index in [1.54, 1.807) is 0 Å². The second kappa shape index (κ2) is 9.20. The van der Waals surface area contributed by atoms with Gasteiger partial charge in [0, 0.05) is 31.9 Å². The Morgan fingerprint density at radius 3 is 2.32 bits per heavy atom. The number of nitrogens with one attached hydrogen (secondary N) is 1. The van der Waals surface area contributed by atoms with Crippen molar-refractivity contribution in [1.29, 1.82) is 0 Å². The summed E-state index contributed by atoms with van der Waals surface area (Å²) < 4.78 is 70.7. The molecule has 0 bridgehead atoms. The smallest absolute Gasteiger partial charge is 0.379 e. The van der Waals surface area contributed by atoms with E-state index < -0.39 is 39.8 Å². The summed E-state index contributed by atoms with van der Waals surface area (Å²) in [6.45, 7) is 0.650. The third-order valence-electron chi connectivity index (χ3n) is 4.65. The van der Waals surface area contributed by atoms with Crippen LogP contribution in [0.2, 0.25) is 0 Å². The van der Waals surface area contributed by atoms with E-state index >= 15 is 0 Å². The topological polar surface area (TPSA) is 97.7 Å². The Labute approximate surface area is 176 Å². The quantitative estimate of drug-likeness (QED) is 0.700. The highest BCUT2D eigenvalue weighted by atomic mass is 32.2. The molecule has 2 heterocycles. The van der Waals surface area contributed by atoms with Crippen LogP contribution in [-0.4, -0.2) is 49.5 Å². The summed E-state index contributed by atoms with van der Waals surface area (Å²) in [6.07, 6.45) is -4.04. The second-order valence-corrected chi connectivity index (χ2v) is 8.76. The summed E-state index contributed by atoms with van der Waals surface area (Å²) >= 11 is 0. The number of aromatic nitrogens is 1. The normalized spacial score (nSPS) is 15.6. The number of carbonyl (C=O) groups excluding carboxylic acids is 1. The molecule has 3 rings (SSSR count). The summed E-state index contributed by atoms with van der Waals surface area (Å²) in [4.78, 5) is 23.9. The molecule has 1 amide bonds. The van der Waals surface area contributed by atoms with Gasteiger partial charge in [0.2, 0.25) is 15.9 Å². The Hall–Kier alpha value is -2.70. The number of hydrogen-bond acceptors (Lipinski definition) is 5. The molecule has 1 fully saturated rings. The van der Waals surface area contributed by atoms with Crippen LogP contribution in [0.1, 0.15) is 11.1 Å². The number of benzene rings is 1. The summed E-state index contributed by atoms with van der Waals surface area (Å²) in [5.41, 5.74) is -1.18. The molecule has 1 N–H and O–H groups in total. The van der Waals surface area contributed by atoms with Crippen molar-refractivity contribution in [2.24, 2.45) is 0 Å². The van der Waals surface area contributed by atoms with Gasteiger partial charge < -0.3 is 14.6 Å². The third kappa shape index (κ3) is 5.71. The van der Waals surface area contributed by atoms with Gasteiger partial charge in [0.15, 0.2) is 0 Å². The van der Waals surface area contributed by atoms with E-state index in [0.717, 1.165) is 6.07 Å². The van der Waals surface area contributed by atoms with Gasteiger partial charge in [-0.2, -0.15) is 17.5 Å². The lowest BCUT2D eigenvalue weighted by atomic mass is 10.2. The fraction of sp³-hybridized carbons (Fsp3) is 0.368. The van der Waals surface area contributed by atoms with Crippen molar-refractivity contribution < 1.29 is 31.1 Å². The standard InChI is InChI=1S/C19H20F3N3O5S/c20-19(21,22)15-3-6-18(27)24(12-15)13-17(26)23-11-14-1-4-16(5-2-14)31(28,29)25-7-9-30-10-8-25/h1-6,12H,7-11,13H2,(H,23,26). The van der Waals surface area contributed by atoms with Gasteiger partial charge in [-0.3, -0.25) is 9.59 Å². The van der Waals surface area contributed by atoms with Crippen LogP contribution in [0.3, 0.4) is 0 Å². The maximum Gasteiger partial charge on any atom is 0.417 e. The Balaban J connectivity index is 1.60. The molecule has 0 radical (unpaired) electrons. The molecule has 0 atom stereocenters. The third-order valence-corrected chi connectivity index (χ3v) is 6.56. The van der Waals surface area contributed by atoms with E-state index in [4.69, 9.17) is 4.74 Å². The zero-order chi connectivity index (χ0) is 22.6. The Kier molecular flexibility index (Phi) is 6.82. The molecule has 1 saturated heterocycles. The average Bonchev–Trinajstić information content (AvgIpc) is 2.74. The fourth-order valence-electron chi connectivity index (χ4n) is 2.95. The van der Waals surface area contributed by atoms with Crippen molar-refractivity contribution in [2.75, 3.05) is 26.3 Å². The number of morpholine rings is 1. The first kappa shape index (κ1) is 23.0. The molecule has 12 heteroatoms. The summed E-state index contributed by atoms with van der Waals surface area (Å²) in [5.74, 6) is -0.661. The van der Waals surface area contributed by atoms with E-state index in [1.165, 1.54) is 28.6 Å². The van der Waals surface area contributed by atoms with E-state index in [1.807, 2.05) is 0 Å². The molecule has 8 nitrogen and oxygen atoms in total. The van der Waals surface area contributed by atoms with E-state index in [-0.39, 0.29) is 24.5 Å². The molecule has 0 spiro atoms. The molecule has 0 aliphatic carbocycles. The number of sulfonamides is 1. The highest BCUT2D eigenvalue weighted by molar-refractivity contribution is 7.89. The molecule has 2 aromatic rings. The van der Waals surface area contributed by atoms with E-state index in [0.29, 0.717) is 35.6 Å². The number of alkyl halides is 3. The lowest BCUT2D eigenvalue weighted by Crippen LogP contribution is -2.40. The molecule has 31 heavy (non-hydrogen) atoms. The van der Waals surface area contributed by atoms with Crippen molar-refractivity contribution in [3.05, 3.63) is 64.1 Å². The van der Waals surface area contributed by atoms with Crippen LogP contribution >= 0.6 is 0 Å². The minimum atomic E-state index is -4.63. The molecule has 1 aromatic heterocycles. The average molecular weight is 459 g/mol. The van der Waals surface area contributed by atoms with Gasteiger partial charge in [0.1, 0.15) is 6.54 Å². The van der Waals surface area contributed by atoms with Gasteiger partial charge in [-0.05, 0) is 23.8 Å². The van der Waals surface area contributed by atoms with Gasteiger partial charge in [0.25, 0.3) is 5.56 Å². The molecule has 168 valence electrons. The van der Waals surface area contributed by atoms with Gasteiger partial charge in [-0.15, -0.1) is 0 Å². The molecule has 0 saturated carbocycles. The highest BCUT2D eigenvalue weighted by Crippen LogP contribution is 2.28. The summed E-state index contributed by atoms with van der Waals surface area (Å²) in [5, 5.41) is 2.50. The van der Waals surface area contributed by atoms with Gasteiger partial charge in [-0.1, -0.05) is 12.1 Å². The van der Waals surface area contributed by atoms with E-state index in [2.05, 4.69) is 5.32 Å². The maximum absolute atomic E-state index is 12.8. The molecular weight excluding hydrogens is 439 g/mol. The summed E-state index contributed by atoms with van der Waals surface area (Å²) in [7, 11) is -3.64. The minimum absolute atomic E-state index is 0.0183. The van der Waals surface area contributed by atoms with Crippen LogP contribution < -0.4 is 10.9 Å². The largest absolute Gasteiger partial charge is 0.417 e. The first-order valence-electron chi connectivity index (χ1n) is 9.28. The highest BCUT2D eigenvalue weighted by Gasteiger charge is 2.31.